The molecule has 176 valence electrons. The van der Waals surface area contributed by atoms with Crippen LogP contribution in [0.5, 0.6) is 5.75 Å². The van der Waals surface area contributed by atoms with Crippen molar-refractivity contribution < 1.29 is 9.53 Å². The van der Waals surface area contributed by atoms with E-state index in [9.17, 15) is 4.79 Å². The maximum absolute atomic E-state index is 12.0. The molecule has 0 aliphatic carbocycles. The van der Waals surface area contributed by atoms with E-state index in [-0.39, 0.29) is 36.4 Å². The lowest BCUT2D eigenvalue weighted by molar-refractivity contribution is -0.127. The number of amides is 1. The Balaban J connectivity index is 0.00000480. The number of likely N-dealkylation sites (tertiary alicyclic amines) is 1. The van der Waals surface area contributed by atoms with Gasteiger partial charge in [0.2, 0.25) is 5.91 Å². The number of ether oxygens (including phenoxy) is 1. The van der Waals surface area contributed by atoms with E-state index in [1.165, 1.54) is 18.4 Å². The summed E-state index contributed by atoms with van der Waals surface area (Å²) in [5.74, 6) is 1.61. The van der Waals surface area contributed by atoms with Crippen molar-refractivity contribution in [2.75, 3.05) is 53.4 Å². The largest absolute Gasteiger partial charge is 0.494 e. The monoisotopic (exact) mass is 545 g/mol. The summed E-state index contributed by atoms with van der Waals surface area (Å²) in [5, 5.41) is 6.84. The van der Waals surface area contributed by atoms with Crippen molar-refractivity contribution in [3.63, 3.8) is 0 Å². The highest BCUT2D eigenvalue weighted by atomic mass is 127. The van der Waals surface area contributed by atoms with Gasteiger partial charge in [-0.15, -0.1) is 24.0 Å². The van der Waals surface area contributed by atoms with Gasteiger partial charge in [0.1, 0.15) is 12.3 Å². The van der Waals surface area contributed by atoms with Gasteiger partial charge >= 0.3 is 0 Å². The van der Waals surface area contributed by atoms with Gasteiger partial charge in [0, 0.05) is 33.2 Å². The van der Waals surface area contributed by atoms with Crippen LogP contribution in [0.4, 0.5) is 0 Å². The van der Waals surface area contributed by atoms with Crippen LogP contribution in [0.2, 0.25) is 0 Å². The van der Waals surface area contributed by atoms with Crippen molar-refractivity contribution in [2.45, 2.75) is 45.6 Å². The maximum Gasteiger partial charge on any atom is 0.243 e. The zero-order valence-electron chi connectivity index (χ0n) is 19.5. The molecule has 1 aromatic rings. The Morgan fingerprint density at radius 3 is 2.81 bits per heavy atom. The number of hydrogen-bond donors (Lipinski definition) is 2. The molecule has 1 fully saturated rings. The maximum atomic E-state index is 12.0. The number of carbonyl (C=O) groups excluding carboxylic acids is 1. The molecular formula is C23H40IN5O2. The predicted molar refractivity (Wildman–Crippen MR) is 139 cm³/mol. The molecule has 1 aromatic carbocycles. The van der Waals surface area contributed by atoms with E-state index >= 15 is 0 Å². The summed E-state index contributed by atoms with van der Waals surface area (Å²) < 4.78 is 5.72. The molecule has 1 unspecified atom stereocenters. The number of likely N-dealkylation sites (N-methyl/N-ethyl adjacent to an activating group) is 2. The SMILES string of the molecule is CCCOc1cccc(CCNC(=NCC(=O)N(C)C)NCC2CCCN2CC)c1.I. The van der Waals surface area contributed by atoms with Gasteiger partial charge in [0.05, 0.1) is 6.61 Å². The lowest BCUT2D eigenvalue weighted by Gasteiger charge is -2.24. The number of carbonyl (C=O) groups is 1. The number of guanidine groups is 1. The normalized spacial score (nSPS) is 16.5. The van der Waals surface area contributed by atoms with Crippen molar-refractivity contribution in [3.05, 3.63) is 29.8 Å². The minimum Gasteiger partial charge on any atom is -0.494 e. The number of nitrogens with zero attached hydrogens (tertiary/aromatic N) is 3. The predicted octanol–water partition coefficient (Wildman–Crippen LogP) is 2.74. The summed E-state index contributed by atoms with van der Waals surface area (Å²) in [6.45, 7) is 9.01. The molecule has 2 N–H and O–H groups in total. The quantitative estimate of drug-likeness (QED) is 0.254. The van der Waals surface area contributed by atoms with Gasteiger partial charge < -0.3 is 20.3 Å². The first kappa shape index (κ1) is 27.5. The zero-order chi connectivity index (χ0) is 21.8. The van der Waals surface area contributed by atoms with Gasteiger partial charge in [-0.25, -0.2) is 4.99 Å². The average Bonchev–Trinajstić information content (AvgIpc) is 3.21. The van der Waals surface area contributed by atoms with Crippen LogP contribution in [0.15, 0.2) is 29.3 Å². The number of halogens is 1. The summed E-state index contributed by atoms with van der Waals surface area (Å²) in [5.41, 5.74) is 1.22. The topological polar surface area (TPSA) is 69.2 Å². The van der Waals surface area contributed by atoms with Crippen LogP contribution < -0.4 is 15.4 Å². The van der Waals surface area contributed by atoms with Crippen LogP contribution in [0.25, 0.3) is 0 Å². The van der Waals surface area contributed by atoms with E-state index in [0.29, 0.717) is 12.0 Å². The van der Waals surface area contributed by atoms with E-state index in [0.717, 1.165) is 51.4 Å². The molecule has 1 atom stereocenters. The molecule has 1 heterocycles. The molecule has 0 radical (unpaired) electrons. The van der Waals surface area contributed by atoms with Crippen molar-refractivity contribution in [3.8, 4) is 5.75 Å². The first-order valence-corrected chi connectivity index (χ1v) is 11.2. The Bertz CT molecular complexity index is 684. The number of hydrogen-bond acceptors (Lipinski definition) is 4. The van der Waals surface area contributed by atoms with E-state index < -0.39 is 0 Å². The highest BCUT2D eigenvalue weighted by Gasteiger charge is 2.22. The van der Waals surface area contributed by atoms with Gasteiger partial charge in [-0.05, 0) is 56.5 Å². The van der Waals surface area contributed by atoms with Gasteiger partial charge in [-0.2, -0.15) is 0 Å². The second-order valence-electron chi connectivity index (χ2n) is 7.93. The van der Waals surface area contributed by atoms with Crippen LogP contribution in [-0.4, -0.2) is 81.1 Å². The molecule has 31 heavy (non-hydrogen) atoms. The number of rotatable bonds is 11. The Hall–Kier alpha value is -1.55. The van der Waals surface area contributed by atoms with Crippen molar-refractivity contribution in [1.82, 2.24) is 20.4 Å². The summed E-state index contributed by atoms with van der Waals surface area (Å²) in [6, 6.07) is 8.75. The van der Waals surface area contributed by atoms with Crippen molar-refractivity contribution in [2.24, 2.45) is 4.99 Å². The lowest BCUT2D eigenvalue weighted by Crippen LogP contribution is -2.45. The van der Waals surface area contributed by atoms with Crippen LogP contribution in [-0.2, 0) is 11.2 Å². The Labute approximate surface area is 205 Å². The average molecular weight is 546 g/mol. The van der Waals surface area contributed by atoms with Crippen LogP contribution in [0.1, 0.15) is 38.7 Å². The fourth-order valence-corrected chi connectivity index (χ4v) is 3.56. The summed E-state index contributed by atoms with van der Waals surface area (Å²) in [6.07, 6.45) is 4.31. The van der Waals surface area contributed by atoms with E-state index in [1.54, 1.807) is 19.0 Å². The first-order chi connectivity index (χ1) is 14.5. The smallest absolute Gasteiger partial charge is 0.243 e. The van der Waals surface area contributed by atoms with E-state index in [2.05, 4.69) is 46.5 Å². The summed E-state index contributed by atoms with van der Waals surface area (Å²) >= 11 is 0. The molecule has 1 aliphatic rings. The van der Waals surface area contributed by atoms with E-state index in [1.807, 2.05) is 12.1 Å². The second kappa shape index (κ2) is 15.3. The molecule has 0 saturated carbocycles. The number of nitrogens with one attached hydrogen (secondary N) is 2. The molecule has 0 bridgehead atoms. The third-order valence-electron chi connectivity index (χ3n) is 5.36. The molecule has 0 aromatic heterocycles. The van der Waals surface area contributed by atoms with Crippen LogP contribution >= 0.6 is 24.0 Å². The fourth-order valence-electron chi connectivity index (χ4n) is 3.56. The second-order valence-corrected chi connectivity index (χ2v) is 7.93. The van der Waals surface area contributed by atoms with Crippen LogP contribution in [0.3, 0.4) is 0 Å². The molecule has 8 heteroatoms. The van der Waals surface area contributed by atoms with E-state index in [4.69, 9.17) is 4.74 Å². The van der Waals surface area contributed by atoms with Gasteiger partial charge in [-0.1, -0.05) is 26.0 Å². The third kappa shape index (κ3) is 10.1. The summed E-state index contributed by atoms with van der Waals surface area (Å²) in [4.78, 5) is 20.5. The van der Waals surface area contributed by atoms with Gasteiger partial charge in [0.25, 0.3) is 0 Å². The zero-order valence-corrected chi connectivity index (χ0v) is 21.9. The number of benzene rings is 1. The Morgan fingerprint density at radius 1 is 1.29 bits per heavy atom. The highest BCUT2D eigenvalue weighted by molar-refractivity contribution is 14.0. The van der Waals surface area contributed by atoms with Crippen molar-refractivity contribution >= 4 is 35.8 Å². The minimum absolute atomic E-state index is 0. The lowest BCUT2D eigenvalue weighted by atomic mass is 10.1. The van der Waals surface area contributed by atoms with Gasteiger partial charge in [-0.3, -0.25) is 9.69 Å². The van der Waals surface area contributed by atoms with Crippen LogP contribution in [0, 0.1) is 0 Å². The summed E-state index contributed by atoms with van der Waals surface area (Å²) in [7, 11) is 3.51. The number of aliphatic imine (C=N–C) groups is 1. The Kier molecular flexibility index (Phi) is 13.6. The Morgan fingerprint density at radius 2 is 2.10 bits per heavy atom. The molecule has 1 amide bonds. The highest BCUT2D eigenvalue weighted by Crippen LogP contribution is 2.15. The van der Waals surface area contributed by atoms with Crippen molar-refractivity contribution in [1.29, 1.82) is 0 Å². The molecule has 1 aliphatic heterocycles. The molecule has 1 saturated heterocycles. The minimum atomic E-state index is -0.00655. The first-order valence-electron chi connectivity index (χ1n) is 11.2. The van der Waals surface area contributed by atoms with Gasteiger partial charge in [0.15, 0.2) is 5.96 Å². The standard InChI is InChI=1S/C23H39N5O2.HI/c1-5-15-30-21-11-7-9-19(16-21)12-13-24-23(26-18-22(29)27(3)4)25-17-20-10-8-14-28(20)6-2;/h7,9,11,16,20H,5-6,8,10,12-15,17-18H2,1-4H3,(H2,24,25,26);1H. The molecular weight excluding hydrogens is 505 g/mol. The molecule has 0 spiro atoms. The molecule has 2 rings (SSSR count). The fraction of sp³-hybridized carbons (Fsp3) is 0.652. The molecule has 7 nitrogen and oxygen atoms in total. The third-order valence-corrected chi connectivity index (χ3v) is 5.36.